The van der Waals surface area contributed by atoms with Crippen molar-refractivity contribution in [2.75, 3.05) is 32.6 Å². The predicted octanol–water partition coefficient (Wildman–Crippen LogP) is 3.80. The molecule has 2 aromatic carbocycles. The Balaban J connectivity index is 0.00000512. The third kappa shape index (κ3) is 9.23. The van der Waals surface area contributed by atoms with Crippen molar-refractivity contribution in [3.63, 3.8) is 0 Å². The highest BCUT2D eigenvalue weighted by Crippen LogP contribution is 2.28. The Morgan fingerprint density at radius 2 is 1.53 bits per heavy atom. The molecule has 0 aliphatic heterocycles. The first-order chi connectivity index (χ1) is 14.9. The number of hydrogen-bond acceptors (Lipinski definition) is 5. The van der Waals surface area contributed by atoms with Gasteiger partial charge in [-0.2, -0.15) is 0 Å². The number of rotatable bonds is 11. The van der Waals surface area contributed by atoms with Gasteiger partial charge in [-0.25, -0.2) is 13.4 Å². The van der Waals surface area contributed by atoms with Gasteiger partial charge in [0.05, 0.1) is 24.7 Å². The third-order valence-electron chi connectivity index (χ3n) is 4.43. The van der Waals surface area contributed by atoms with Crippen molar-refractivity contribution >= 4 is 39.8 Å². The van der Waals surface area contributed by atoms with Crippen LogP contribution in [-0.2, 0) is 22.8 Å². The first kappa shape index (κ1) is 28.0. The van der Waals surface area contributed by atoms with E-state index >= 15 is 0 Å². The van der Waals surface area contributed by atoms with E-state index in [9.17, 15) is 8.42 Å². The third-order valence-corrected chi connectivity index (χ3v) is 5.56. The molecule has 2 N–H and O–H groups in total. The average Bonchev–Trinajstić information content (AvgIpc) is 2.74. The van der Waals surface area contributed by atoms with Crippen LogP contribution in [-0.4, -0.2) is 46.9 Å². The molecule has 7 nitrogen and oxygen atoms in total. The molecule has 0 atom stereocenters. The van der Waals surface area contributed by atoms with Gasteiger partial charge in [0.1, 0.15) is 0 Å². The van der Waals surface area contributed by atoms with E-state index in [0.29, 0.717) is 37.2 Å². The number of aliphatic imine (C=N–C) groups is 1. The number of halogens is 1. The van der Waals surface area contributed by atoms with Crippen molar-refractivity contribution in [2.24, 2.45) is 4.99 Å². The number of guanidine groups is 1. The maximum absolute atomic E-state index is 11.6. The molecule has 2 rings (SSSR count). The highest BCUT2D eigenvalue weighted by atomic mass is 127. The standard InChI is InChI=1S/C23H33N3O4S.HI/c1-5-24-23(26-17-19-8-11-20(12-9-19)31(4,27)28)25-15-14-18-10-13-21(29-6-2)22(16-18)30-7-3;/h8-13,16H,5-7,14-15,17H2,1-4H3,(H2,24,25,26);1H. The van der Waals surface area contributed by atoms with E-state index in [1.807, 2.05) is 39.0 Å². The molecule has 9 heteroatoms. The fraction of sp³-hybridized carbons (Fsp3) is 0.435. The summed E-state index contributed by atoms with van der Waals surface area (Å²) in [4.78, 5) is 4.90. The van der Waals surface area contributed by atoms with Crippen molar-refractivity contribution < 1.29 is 17.9 Å². The van der Waals surface area contributed by atoms with E-state index < -0.39 is 9.84 Å². The lowest BCUT2D eigenvalue weighted by molar-refractivity contribution is 0.287. The summed E-state index contributed by atoms with van der Waals surface area (Å²) in [6.45, 7) is 9.02. The molecule has 0 fully saturated rings. The lowest BCUT2D eigenvalue weighted by atomic mass is 10.1. The normalized spacial score (nSPS) is 11.4. The summed E-state index contributed by atoms with van der Waals surface area (Å²) >= 11 is 0. The van der Waals surface area contributed by atoms with Crippen LogP contribution in [0.3, 0.4) is 0 Å². The van der Waals surface area contributed by atoms with E-state index in [2.05, 4.69) is 15.6 Å². The van der Waals surface area contributed by atoms with Crippen LogP contribution < -0.4 is 20.1 Å². The molecule has 178 valence electrons. The molecular weight excluding hydrogens is 541 g/mol. The molecule has 0 aromatic heterocycles. The summed E-state index contributed by atoms with van der Waals surface area (Å²) in [5.74, 6) is 2.24. The molecule has 0 saturated heterocycles. The number of nitrogens with one attached hydrogen (secondary N) is 2. The Morgan fingerprint density at radius 1 is 0.906 bits per heavy atom. The zero-order valence-electron chi connectivity index (χ0n) is 19.2. The molecule has 0 saturated carbocycles. The van der Waals surface area contributed by atoms with E-state index in [0.717, 1.165) is 35.6 Å². The Morgan fingerprint density at radius 3 is 2.12 bits per heavy atom. The van der Waals surface area contributed by atoms with Crippen LogP contribution >= 0.6 is 24.0 Å². The molecule has 0 bridgehead atoms. The molecule has 0 aliphatic rings. The van der Waals surface area contributed by atoms with Gasteiger partial charge in [-0.15, -0.1) is 24.0 Å². The van der Waals surface area contributed by atoms with E-state index in [1.165, 1.54) is 6.26 Å². The molecule has 0 heterocycles. The summed E-state index contributed by atoms with van der Waals surface area (Å²) in [6, 6.07) is 12.8. The Bertz CT molecular complexity index is 964. The number of sulfone groups is 1. The van der Waals surface area contributed by atoms with Crippen molar-refractivity contribution in [2.45, 2.75) is 38.6 Å². The van der Waals surface area contributed by atoms with Crippen molar-refractivity contribution in [1.29, 1.82) is 0 Å². The summed E-state index contributed by atoms with van der Waals surface area (Å²) < 4.78 is 34.5. The second-order valence-electron chi connectivity index (χ2n) is 6.94. The van der Waals surface area contributed by atoms with Gasteiger partial charge >= 0.3 is 0 Å². The largest absolute Gasteiger partial charge is 0.490 e. The van der Waals surface area contributed by atoms with Gasteiger partial charge in [-0.3, -0.25) is 0 Å². The molecule has 2 aromatic rings. The maximum Gasteiger partial charge on any atom is 0.191 e. The van der Waals surface area contributed by atoms with Gasteiger partial charge < -0.3 is 20.1 Å². The Kier molecular flexibility index (Phi) is 12.4. The number of benzene rings is 2. The van der Waals surface area contributed by atoms with Crippen LogP contribution in [0.4, 0.5) is 0 Å². The number of ether oxygens (including phenoxy) is 2. The quantitative estimate of drug-likeness (QED) is 0.241. The molecule has 0 radical (unpaired) electrons. The maximum atomic E-state index is 11.6. The van der Waals surface area contributed by atoms with E-state index in [1.54, 1.807) is 24.3 Å². The smallest absolute Gasteiger partial charge is 0.191 e. The van der Waals surface area contributed by atoms with Gasteiger partial charge in [0.15, 0.2) is 27.3 Å². The van der Waals surface area contributed by atoms with Gasteiger partial charge in [-0.1, -0.05) is 18.2 Å². The zero-order valence-corrected chi connectivity index (χ0v) is 22.3. The van der Waals surface area contributed by atoms with Gasteiger partial charge in [0, 0.05) is 19.3 Å². The lowest BCUT2D eigenvalue weighted by Gasteiger charge is -2.14. The van der Waals surface area contributed by atoms with Crippen molar-refractivity contribution in [3.05, 3.63) is 53.6 Å². The second kappa shape index (κ2) is 14.2. The molecule has 0 spiro atoms. The highest BCUT2D eigenvalue weighted by molar-refractivity contribution is 14.0. The van der Waals surface area contributed by atoms with Gasteiger partial charge in [0.2, 0.25) is 0 Å². The summed E-state index contributed by atoms with van der Waals surface area (Å²) in [5, 5.41) is 6.57. The van der Waals surface area contributed by atoms with E-state index in [-0.39, 0.29) is 24.0 Å². The summed E-state index contributed by atoms with van der Waals surface area (Å²) in [5.41, 5.74) is 2.09. The second-order valence-corrected chi connectivity index (χ2v) is 8.95. The molecule has 0 unspecified atom stereocenters. The number of nitrogens with zero attached hydrogens (tertiary/aromatic N) is 1. The first-order valence-corrected chi connectivity index (χ1v) is 12.5. The molecule has 32 heavy (non-hydrogen) atoms. The lowest BCUT2D eigenvalue weighted by Crippen LogP contribution is -2.38. The highest BCUT2D eigenvalue weighted by Gasteiger charge is 2.08. The molecule has 0 amide bonds. The van der Waals surface area contributed by atoms with Crippen LogP contribution in [0.5, 0.6) is 11.5 Å². The van der Waals surface area contributed by atoms with Crippen molar-refractivity contribution in [1.82, 2.24) is 10.6 Å². The summed E-state index contributed by atoms with van der Waals surface area (Å²) in [7, 11) is -3.19. The fourth-order valence-corrected chi connectivity index (χ4v) is 3.56. The average molecular weight is 576 g/mol. The summed E-state index contributed by atoms with van der Waals surface area (Å²) in [6.07, 6.45) is 2.01. The zero-order chi connectivity index (χ0) is 22.7. The predicted molar refractivity (Wildman–Crippen MR) is 140 cm³/mol. The van der Waals surface area contributed by atoms with Gasteiger partial charge in [0.25, 0.3) is 0 Å². The van der Waals surface area contributed by atoms with Crippen LogP contribution in [0.15, 0.2) is 52.4 Å². The van der Waals surface area contributed by atoms with Crippen molar-refractivity contribution in [3.8, 4) is 11.5 Å². The Labute approximate surface area is 208 Å². The van der Waals surface area contributed by atoms with Gasteiger partial charge in [-0.05, 0) is 62.6 Å². The minimum Gasteiger partial charge on any atom is -0.490 e. The van der Waals surface area contributed by atoms with Crippen LogP contribution in [0, 0.1) is 0 Å². The number of hydrogen-bond donors (Lipinski definition) is 2. The fourth-order valence-electron chi connectivity index (χ4n) is 2.93. The van der Waals surface area contributed by atoms with Crippen LogP contribution in [0.25, 0.3) is 0 Å². The first-order valence-electron chi connectivity index (χ1n) is 10.6. The van der Waals surface area contributed by atoms with Crippen LogP contribution in [0.2, 0.25) is 0 Å². The Hall–Kier alpha value is -2.01. The van der Waals surface area contributed by atoms with Crippen LogP contribution in [0.1, 0.15) is 31.9 Å². The monoisotopic (exact) mass is 575 g/mol. The topological polar surface area (TPSA) is 89.0 Å². The van der Waals surface area contributed by atoms with E-state index in [4.69, 9.17) is 9.47 Å². The minimum absolute atomic E-state index is 0. The minimum atomic E-state index is -3.19. The molecular formula is C23H34IN3O4S. The molecule has 0 aliphatic carbocycles. The SMILES string of the molecule is CCNC(=NCc1ccc(S(C)(=O)=O)cc1)NCCc1ccc(OCC)c(OCC)c1.I.